The zero-order valence-corrected chi connectivity index (χ0v) is 28.2. The van der Waals surface area contributed by atoms with Crippen LogP contribution >= 0.6 is 0 Å². The summed E-state index contributed by atoms with van der Waals surface area (Å²) in [6.45, 7) is 9.28. The second kappa shape index (κ2) is 11.2. The van der Waals surface area contributed by atoms with Gasteiger partial charge in [-0.2, -0.15) is 0 Å². The highest BCUT2D eigenvalue weighted by atomic mass is 16.5. The fourth-order valence-corrected chi connectivity index (χ4v) is 11.8. The molecule has 7 aliphatic rings. The van der Waals surface area contributed by atoms with Gasteiger partial charge in [-0.15, -0.1) is 0 Å². The molecule has 0 spiro atoms. The van der Waals surface area contributed by atoms with Gasteiger partial charge in [-0.25, -0.2) is 0 Å². The van der Waals surface area contributed by atoms with Gasteiger partial charge in [-0.3, -0.25) is 4.79 Å². The van der Waals surface area contributed by atoms with Gasteiger partial charge in [-0.1, -0.05) is 38.7 Å². The molecule has 1 saturated heterocycles. The predicted molar refractivity (Wildman–Crippen MR) is 171 cm³/mol. The number of hydrogen-bond acceptors (Lipinski definition) is 8. The number of allylic oxidation sites excluding steroid dienone is 2. The Morgan fingerprint density at radius 1 is 1.07 bits per heavy atom. The van der Waals surface area contributed by atoms with E-state index < -0.39 is 46.4 Å². The van der Waals surface area contributed by atoms with Gasteiger partial charge in [0.25, 0.3) is 0 Å². The van der Waals surface area contributed by atoms with E-state index in [0.29, 0.717) is 45.3 Å². The first kappa shape index (κ1) is 33.0. The monoisotopic (exact) mass is 638 g/mol. The van der Waals surface area contributed by atoms with Crippen LogP contribution in [0.25, 0.3) is 0 Å². The van der Waals surface area contributed by atoms with E-state index in [2.05, 4.69) is 25.7 Å². The Morgan fingerprint density at radius 2 is 1.85 bits per heavy atom. The van der Waals surface area contributed by atoms with Crippen LogP contribution in [0.1, 0.15) is 85.5 Å². The number of carbonyl (C=O) groups is 1. The van der Waals surface area contributed by atoms with Gasteiger partial charge >= 0.3 is 0 Å². The zero-order valence-electron chi connectivity index (χ0n) is 28.2. The molecule has 0 aromatic rings. The molecule has 2 bridgehead atoms. The first-order valence-corrected chi connectivity index (χ1v) is 17.8. The van der Waals surface area contributed by atoms with E-state index in [1.165, 1.54) is 0 Å². The van der Waals surface area contributed by atoms with Crippen LogP contribution in [0.5, 0.6) is 0 Å². The zero-order chi connectivity index (χ0) is 32.9. The Labute approximate surface area is 274 Å². The Morgan fingerprint density at radius 3 is 2.61 bits per heavy atom. The molecule has 0 aromatic heterocycles. The number of fused-ring (bicyclic) bond motifs is 5. The van der Waals surface area contributed by atoms with Gasteiger partial charge in [0.1, 0.15) is 12.2 Å². The average molecular weight is 639 g/mol. The normalized spacial score (nSPS) is 53.9. The number of aliphatic hydroxyl groups is 4. The fourth-order valence-electron chi connectivity index (χ4n) is 11.8. The summed E-state index contributed by atoms with van der Waals surface area (Å²) in [4.78, 5) is 14.0. The van der Waals surface area contributed by atoms with Crippen LogP contribution in [0, 0.1) is 58.2 Å². The lowest BCUT2D eigenvalue weighted by Crippen LogP contribution is -2.66. The summed E-state index contributed by atoms with van der Waals surface area (Å²) in [5.41, 5.74) is -4.80. The molecule has 15 atom stereocenters. The van der Waals surface area contributed by atoms with E-state index >= 15 is 0 Å². The van der Waals surface area contributed by atoms with Crippen molar-refractivity contribution in [3.8, 4) is 11.8 Å². The third kappa shape index (κ3) is 4.48. The highest BCUT2D eigenvalue weighted by Crippen LogP contribution is 2.71. The van der Waals surface area contributed by atoms with Gasteiger partial charge in [0.05, 0.1) is 23.4 Å². The van der Waals surface area contributed by atoms with Crippen molar-refractivity contribution in [2.24, 2.45) is 46.3 Å². The summed E-state index contributed by atoms with van der Waals surface area (Å²) in [5.74, 6) is 5.70. The summed E-state index contributed by atoms with van der Waals surface area (Å²) in [7, 11) is 1.69. The first-order valence-electron chi connectivity index (χ1n) is 17.8. The van der Waals surface area contributed by atoms with E-state index in [4.69, 9.17) is 14.2 Å². The summed E-state index contributed by atoms with van der Waals surface area (Å²) < 4.78 is 17.8. The van der Waals surface area contributed by atoms with Crippen molar-refractivity contribution < 1.29 is 39.4 Å². The molecular weight excluding hydrogens is 584 g/mol. The van der Waals surface area contributed by atoms with Gasteiger partial charge in [-0.05, 0) is 111 Å². The molecule has 2 aliphatic heterocycles. The molecule has 0 aromatic carbocycles. The summed E-state index contributed by atoms with van der Waals surface area (Å²) in [6.07, 6.45) is 8.95. The summed E-state index contributed by atoms with van der Waals surface area (Å²) in [6, 6.07) is 0. The Kier molecular flexibility index (Phi) is 8.05. The molecule has 46 heavy (non-hydrogen) atoms. The van der Waals surface area contributed by atoms with Crippen molar-refractivity contribution in [3.05, 3.63) is 23.8 Å². The summed E-state index contributed by atoms with van der Waals surface area (Å²) >= 11 is 0. The van der Waals surface area contributed by atoms with E-state index in [9.17, 15) is 25.2 Å². The number of hydrogen-bond donors (Lipinski definition) is 4. The van der Waals surface area contributed by atoms with Crippen molar-refractivity contribution >= 4 is 5.78 Å². The van der Waals surface area contributed by atoms with Crippen LogP contribution < -0.4 is 0 Å². The van der Waals surface area contributed by atoms with Crippen molar-refractivity contribution in [1.82, 2.24) is 0 Å². The van der Waals surface area contributed by atoms with Crippen LogP contribution in [0.3, 0.4) is 0 Å². The second-order valence-electron chi connectivity index (χ2n) is 16.6. The van der Waals surface area contributed by atoms with Crippen molar-refractivity contribution in [1.29, 1.82) is 0 Å². The minimum Gasteiger partial charge on any atom is -0.387 e. The molecule has 5 aliphatic carbocycles. The molecule has 0 amide bonds. The van der Waals surface area contributed by atoms with Crippen LogP contribution in [-0.2, 0) is 19.0 Å². The van der Waals surface area contributed by atoms with Gasteiger partial charge < -0.3 is 34.6 Å². The fraction of sp³-hybridized carbons (Fsp3) is 0.816. The molecule has 8 heteroatoms. The molecule has 3 saturated carbocycles. The van der Waals surface area contributed by atoms with Crippen LogP contribution in [0.2, 0.25) is 0 Å². The molecule has 0 unspecified atom stereocenters. The molecular formula is C38H54O8. The molecule has 7 rings (SSSR count). The minimum atomic E-state index is -1.58. The number of rotatable bonds is 5. The predicted octanol–water partition coefficient (Wildman–Crippen LogP) is 3.74. The van der Waals surface area contributed by atoms with Gasteiger partial charge in [0.2, 0.25) is 0 Å². The second-order valence-corrected chi connectivity index (χ2v) is 16.6. The number of ether oxygens (including phenoxy) is 3. The van der Waals surface area contributed by atoms with E-state index in [-0.39, 0.29) is 46.9 Å². The molecule has 254 valence electrons. The number of carbonyl (C=O) groups excluding carboxylic acids is 1. The van der Waals surface area contributed by atoms with Crippen molar-refractivity contribution in [3.63, 3.8) is 0 Å². The SMILES string of the molecule is COCCCO[C@H]1CC[C@@]2(C)[C@@H](C1)C(=O)C=C1[C@@H]2C[C@H]2CC#C[C@]3(O)C=CC[C@@H]4[C@@H](C)[C@H](O[C@H]43)[C@@H](O)[C@@](C)(O)[C@H]3CC[C@]1(O)[C@]23C. The van der Waals surface area contributed by atoms with Crippen molar-refractivity contribution in [2.45, 2.75) is 127 Å². The van der Waals surface area contributed by atoms with Gasteiger partial charge in [0, 0.05) is 38.1 Å². The maximum atomic E-state index is 14.0. The molecule has 2 heterocycles. The number of aliphatic hydroxyl groups excluding tert-OH is 1. The minimum absolute atomic E-state index is 0.0161. The smallest absolute Gasteiger partial charge is 0.170 e. The quantitative estimate of drug-likeness (QED) is 0.204. The van der Waals surface area contributed by atoms with E-state index in [0.717, 1.165) is 31.3 Å². The van der Waals surface area contributed by atoms with Gasteiger partial charge in [0.15, 0.2) is 11.4 Å². The summed E-state index contributed by atoms with van der Waals surface area (Å²) in [5, 5.41) is 49.3. The third-order valence-corrected chi connectivity index (χ3v) is 14.6. The largest absolute Gasteiger partial charge is 0.387 e. The van der Waals surface area contributed by atoms with E-state index in [1.54, 1.807) is 26.2 Å². The average Bonchev–Trinajstić information content (AvgIpc) is 3.51. The lowest BCUT2D eigenvalue weighted by Gasteiger charge is -2.63. The maximum Gasteiger partial charge on any atom is 0.170 e. The molecule has 8 nitrogen and oxygen atoms in total. The lowest BCUT2D eigenvalue weighted by atomic mass is 9.43. The standard InChI is InChI=1S/C38H54O8/c1-22-25-10-7-14-37(42)13-6-9-23-19-26-27(21-29(39)28-20-24(11-15-34(26,28)2)45-18-8-17-44-5)38(43)16-12-30(35(23,38)3)36(4,41)32(40)31(22)46-33(25)37/h7,14,21-26,28,30-33,40-43H,8-12,15-20H2,1-5H3/t22-,23-,24+,25-,26+,28+,30+,31+,32-,33-,34-,35-,36+,37+,38-/m1/s1. The molecule has 4 N–H and O–H groups in total. The first-order chi connectivity index (χ1) is 21.7. The van der Waals surface area contributed by atoms with Crippen LogP contribution in [0.4, 0.5) is 0 Å². The number of methoxy groups -OCH3 is 1. The lowest BCUT2D eigenvalue weighted by molar-refractivity contribution is -0.213. The van der Waals surface area contributed by atoms with Crippen molar-refractivity contribution in [2.75, 3.05) is 20.3 Å². The van der Waals surface area contributed by atoms with Crippen LogP contribution in [0.15, 0.2) is 23.8 Å². The Balaban J connectivity index is 1.29. The third-order valence-electron chi connectivity index (χ3n) is 14.6. The topological polar surface area (TPSA) is 126 Å². The highest BCUT2D eigenvalue weighted by Gasteiger charge is 2.72. The van der Waals surface area contributed by atoms with E-state index in [1.807, 2.05) is 13.0 Å². The van der Waals surface area contributed by atoms with Crippen LogP contribution in [-0.4, -0.2) is 87.8 Å². The number of ketones is 1. The molecule has 0 radical (unpaired) electrons. The maximum absolute atomic E-state index is 14.0. The Bertz CT molecular complexity index is 1360. The highest BCUT2D eigenvalue weighted by molar-refractivity contribution is 5.95. The molecule has 4 fully saturated rings. The Hall–Kier alpha value is -1.57.